The van der Waals surface area contributed by atoms with Gasteiger partial charge in [0.05, 0.1) is 0 Å². The van der Waals surface area contributed by atoms with Gasteiger partial charge in [-0.05, 0) is 45.1 Å². The van der Waals surface area contributed by atoms with Crippen LogP contribution in [0.4, 0.5) is 0 Å². The van der Waals surface area contributed by atoms with Crippen molar-refractivity contribution in [1.29, 1.82) is 0 Å². The number of ketones is 1. The largest absolute Gasteiger partial charge is 0.300 e. The number of rotatable bonds is 1. The van der Waals surface area contributed by atoms with Crippen molar-refractivity contribution in [3.8, 4) is 0 Å². The van der Waals surface area contributed by atoms with E-state index in [1.165, 1.54) is 25.8 Å². The van der Waals surface area contributed by atoms with Crippen LogP contribution in [0.15, 0.2) is 0 Å². The van der Waals surface area contributed by atoms with Gasteiger partial charge in [-0.2, -0.15) is 0 Å². The summed E-state index contributed by atoms with van der Waals surface area (Å²) in [5, 5.41) is 0. The van der Waals surface area contributed by atoms with E-state index in [1.807, 2.05) is 0 Å². The number of carbonyl (C=O) groups is 1. The van der Waals surface area contributed by atoms with Gasteiger partial charge < -0.3 is 0 Å². The molecule has 0 aromatic carbocycles. The van der Waals surface area contributed by atoms with E-state index >= 15 is 0 Å². The Bertz CT molecular complexity index is 239. The van der Waals surface area contributed by atoms with Gasteiger partial charge in [0.25, 0.3) is 0 Å². The summed E-state index contributed by atoms with van der Waals surface area (Å²) in [5.74, 6) is 1.35. The molecule has 0 aromatic rings. The molecule has 15 heavy (non-hydrogen) atoms. The summed E-state index contributed by atoms with van der Waals surface area (Å²) in [7, 11) is 0. The van der Waals surface area contributed by atoms with E-state index in [1.54, 1.807) is 0 Å². The number of Topliss-reactive ketones (excluding diaryl/α,β-unsaturated/α-hetero) is 1. The predicted molar refractivity (Wildman–Crippen MR) is 61.8 cm³/mol. The number of hydrogen-bond donors (Lipinski definition) is 0. The van der Waals surface area contributed by atoms with Crippen LogP contribution >= 0.6 is 0 Å². The van der Waals surface area contributed by atoms with E-state index < -0.39 is 0 Å². The highest BCUT2D eigenvalue weighted by Gasteiger charge is 2.31. The molecule has 0 radical (unpaired) electrons. The van der Waals surface area contributed by atoms with E-state index in [4.69, 9.17) is 0 Å². The van der Waals surface area contributed by atoms with Crippen molar-refractivity contribution in [2.75, 3.05) is 6.54 Å². The van der Waals surface area contributed by atoms with Crippen LogP contribution < -0.4 is 0 Å². The lowest BCUT2D eigenvalue weighted by molar-refractivity contribution is -0.122. The number of likely N-dealkylation sites (tertiary alicyclic amines) is 1. The molecule has 2 rings (SSSR count). The van der Waals surface area contributed by atoms with Crippen LogP contribution in [-0.4, -0.2) is 29.3 Å². The fraction of sp³-hybridized carbons (Fsp3) is 0.923. The summed E-state index contributed by atoms with van der Waals surface area (Å²) < 4.78 is 0. The van der Waals surface area contributed by atoms with Crippen molar-refractivity contribution in [2.45, 2.75) is 64.5 Å². The maximum atomic E-state index is 11.5. The second kappa shape index (κ2) is 4.65. The molecule has 0 N–H and O–H groups in total. The van der Waals surface area contributed by atoms with Crippen LogP contribution in [0.3, 0.4) is 0 Å². The molecular formula is C13H23NO. The summed E-state index contributed by atoms with van der Waals surface area (Å²) in [6.07, 6.45) is 6.63. The second-order valence-electron chi connectivity index (χ2n) is 5.51. The second-order valence-corrected chi connectivity index (χ2v) is 5.51. The molecule has 2 nitrogen and oxygen atoms in total. The first-order valence-corrected chi connectivity index (χ1v) is 6.44. The van der Waals surface area contributed by atoms with E-state index in [2.05, 4.69) is 18.7 Å². The van der Waals surface area contributed by atoms with Crippen LogP contribution in [0.5, 0.6) is 0 Å². The Balaban J connectivity index is 1.94. The van der Waals surface area contributed by atoms with Crippen LogP contribution in [0.2, 0.25) is 0 Å². The van der Waals surface area contributed by atoms with Crippen LogP contribution in [0.1, 0.15) is 52.4 Å². The van der Waals surface area contributed by atoms with Crippen molar-refractivity contribution in [3.05, 3.63) is 0 Å². The zero-order chi connectivity index (χ0) is 10.8. The van der Waals surface area contributed by atoms with Crippen molar-refractivity contribution < 1.29 is 4.79 Å². The van der Waals surface area contributed by atoms with Crippen LogP contribution in [0, 0.1) is 5.92 Å². The Morgan fingerprint density at radius 1 is 1.27 bits per heavy atom. The molecule has 2 fully saturated rings. The molecule has 0 amide bonds. The lowest BCUT2D eigenvalue weighted by Gasteiger charge is -2.42. The third kappa shape index (κ3) is 2.60. The molecule has 1 heterocycles. The maximum Gasteiger partial charge on any atom is 0.134 e. The highest BCUT2D eigenvalue weighted by atomic mass is 16.1. The minimum Gasteiger partial charge on any atom is -0.300 e. The number of hydrogen-bond acceptors (Lipinski definition) is 2. The summed E-state index contributed by atoms with van der Waals surface area (Å²) in [6, 6.07) is 1.25. The first-order chi connectivity index (χ1) is 7.16. The lowest BCUT2D eigenvalue weighted by Crippen LogP contribution is -2.48. The molecule has 0 bridgehead atoms. The van der Waals surface area contributed by atoms with E-state index in [9.17, 15) is 4.79 Å². The Kier molecular flexibility index (Phi) is 3.45. The number of nitrogens with zero attached hydrogens (tertiary/aromatic N) is 1. The first-order valence-electron chi connectivity index (χ1n) is 6.44. The molecule has 1 aliphatic heterocycles. The van der Waals surface area contributed by atoms with E-state index in [0.717, 1.165) is 25.2 Å². The van der Waals surface area contributed by atoms with Crippen LogP contribution in [0.25, 0.3) is 0 Å². The summed E-state index contributed by atoms with van der Waals surface area (Å²) >= 11 is 0. The molecule has 86 valence electrons. The summed E-state index contributed by atoms with van der Waals surface area (Å²) in [6.45, 7) is 5.88. The average Bonchev–Trinajstić information content (AvgIpc) is 2.17. The minimum absolute atomic E-state index is 0.483. The molecule has 2 aliphatic rings. The molecular weight excluding hydrogens is 186 g/mol. The van der Waals surface area contributed by atoms with Gasteiger partial charge in [-0.1, -0.05) is 6.92 Å². The van der Waals surface area contributed by atoms with Gasteiger partial charge in [0.1, 0.15) is 5.78 Å². The Morgan fingerprint density at radius 3 is 2.73 bits per heavy atom. The van der Waals surface area contributed by atoms with E-state index in [0.29, 0.717) is 17.9 Å². The predicted octanol–water partition coefficient (Wildman–Crippen LogP) is 2.62. The monoisotopic (exact) mass is 209 g/mol. The Labute approximate surface area is 93.0 Å². The van der Waals surface area contributed by atoms with Gasteiger partial charge in [-0.3, -0.25) is 9.69 Å². The summed E-state index contributed by atoms with van der Waals surface area (Å²) in [4.78, 5) is 14.1. The molecule has 1 saturated heterocycles. The van der Waals surface area contributed by atoms with E-state index in [-0.39, 0.29) is 0 Å². The van der Waals surface area contributed by atoms with Gasteiger partial charge >= 0.3 is 0 Å². The normalized spacial score (nSPS) is 39.3. The molecule has 0 spiro atoms. The van der Waals surface area contributed by atoms with Gasteiger partial charge in [-0.15, -0.1) is 0 Å². The number of carbonyl (C=O) groups excluding carboxylic acids is 1. The molecule has 1 aliphatic carbocycles. The molecule has 2 heteroatoms. The standard InChI is InChI=1S/C13H23NO/c1-10-6-7-14(11(2)8-10)12-4-3-5-13(15)9-12/h10-12H,3-9H2,1-2H3. The third-order valence-corrected chi connectivity index (χ3v) is 4.12. The number of piperidine rings is 1. The minimum atomic E-state index is 0.483. The lowest BCUT2D eigenvalue weighted by atomic mass is 9.87. The summed E-state index contributed by atoms with van der Waals surface area (Å²) in [5.41, 5.74) is 0. The maximum absolute atomic E-state index is 11.5. The first kappa shape index (κ1) is 11.1. The molecule has 1 saturated carbocycles. The highest BCUT2D eigenvalue weighted by Crippen LogP contribution is 2.29. The van der Waals surface area contributed by atoms with Crippen LogP contribution in [-0.2, 0) is 4.79 Å². The fourth-order valence-corrected chi connectivity index (χ4v) is 3.25. The Morgan fingerprint density at radius 2 is 2.07 bits per heavy atom. The zero-order valence-electron chi connectivity index (χ0n) is 10.0. The van der Waals surface area contributed by atoms with Gasteiger partial charge in [0.2, 0.25) is 0 Å². The van der Waals surface area contributed by atoms with Crippen molar-refractivity contribution >= 4 is 5.78 Å². The third-order valence-electron chi connectivity index (χ3n) is 4.12. The Hall–Kier alpha value is -0.370. The molecule has 3 atom stereocenters. The van der Waals surface area contributed by atoms with Crippen molar-refractivity contribution in [3.63, 3.8) is 0 Å². The van der Waals surface area contributed by atoms with Gasteiger partial charge in [0.15, 0.2) is 0 Å². The molecule has 0 aromatic heterocycles. The molecule has 3 unspecified atom stereocenters. The fourth-order valence-electron chi connectivity index (χ4n) is 3.25. The highest BCUT2D eigenvalue weighted by molar-refractivity contribution is 5.79. The smallest absolute Gasteiger partial charge is 0.134 e. The average molecular weight is 209 g/mol. The topological polar surface area (TPSA) is 20.3 Å². The van der Waals surface area contributed by atoms with Gasteiger partial charge in [-0.25, -0.2) is 0 Å². The quantitative estimate of drug-likeness (QED) is 0.661. The zero-order valence-corrected chi connectivity index (χ0v) is 10.0. The van der Waals surface area contributed by atoms with Crippen molar-refractivity contribution in [1.82, 2.24) is 4.90 Å². The van der Waals surface area contributed by atoms with Gasteiger partial charge in [0, 0.05) is 24.9 Å². The van der Waals surface area contributed by atoms with Crippen molar-refractivity contribution in [2.24, 2.45) is 5.92 Å². The SMILES string of the molecule is CC1CCN(C2CCCC(=O)C2)C(C)C1.